The molecule has 1 aromatic rings. The molecule has 1 heterocycles. The molecule has 0 spiro atoms. The number of nitro groups is 1. The second kappa shape index (κ2) is 4.62. The van der Waals surface area contributed by atoms with Gasteiger partial charge in [0.2, 0.25) is 6.54 Å². The molecule has 2 rings (SSSR count). The van der Waals surface area contributed by atoms with Gasteiger partial charge in [0.15, 0.2) is 0 Å². The summed E-state index contributed by atoms with van der Waals surface area (Å²) in [7, 11) is 1.40. The Balaban J connectivity index is 2.37. The van der Waals surface area contributed by atoms with Crippen LogP contribution in [0.25, 0.3) is 0 Å². The predicted molar refractivity (Wildman–Crippen MR) is 60.4 cm³/mol. The Hall–Kier alpha value is -1.76. The lowest BCUT2D eigenvalue weighted by Gasteiger charge is -2.11. The SMILES string of the molecule is CCOc1ccc(O)c2c1[B]OC2C[N+](=O)[O-]. The van der Waals surface area contributed by atoms with E-state index in [4.69, 9.17) is 9.39 Å². The van der Waals surface area contributed by atoms with Crippen molar-refractivity contribution in [2.45, 2.75) is 13.0 Å². The largest absolute Gasteiger partial charge is 0.508 e. The van der Waals surface area contributed by atoms with Crippen molar-refractivity contribution in [2.24, 2.45) is 0 Å². The summed E-state index contributed by atoms with van der Waals surface area (Å²) in [5.74, 6) is 0.551. The topological polar surface area (TPSA) is 81.8 Å². The molecule has 1 N–H and O–H groups in total. The molecule has 1 aliphatic heterocycles. The van der Waals surface area contributed by atoms with Gasteiger partial charge in [-0.2, -0.15) is 0 Å². The van der Waals surface area contributed by atoms with Crippen molar-refractivity contribution < 1.29 is 19.4 Å². The molecule has 1 aliphatic rings. The average molecular weight is 236 g/mol. The molecule has 89 valence electrons. The maximum atomic E-state index is 10.5. The van der Waals surface area contributed by atoms with Crippen LogP contribution in [0.3, 0.4) is 0 Å². The molecule has 0 saturated carbocycles. The van der Waals surface area contributed by atoms with Gasteiger partial charge in [-0.05, 0) is 24.5 Å². The van der Waals surface area contributed by atoms with Crippen LogP contribution < -0.4 is 10.2 Å². The highest BCUT2D eigenvalue weighted by atomic mass is 16.6. The standard InChI is InChI=1S/C10H11BNO5/c1-2-16-7-4-3-6(13)9-8(5-12(14)15)17-11-10(7)9/h3-4,8,13H,2,5H2,1H3. The molecule has 0 amide bonds. The number of fused-ring (bicyclic) bond motifs is 1. The molecule has 0 aromatic heterocycles. The van der Waals surface area contributed by atoms with Gasteiger partial charge in [0.25, 0.3) is 0 Å². The van der Waals surface area contributed by atoms with Crippen LogP contribution in [0.15, 0.2) is 12.1 Å². The number of hydrogen-bond donors (Lipinski definition) is 1. The summed E-state index contributed by atoms with van der Waals surface area (Å²) in [6.07, 6.45) is -0.750. The fraction of sp³-hybridized carbons (Fsp3) is 0.400. The second-order valence-corrected chi connectivity index (χ2v) is 3.60. The summed E-state index contributed by atoms with van der Waals surface area (Å²) in [6.45, 7) is 1.93. The Morgan fingerprint density at radius 2 is 2.41 bits per heavy atom. The van der Waals surface area contributed by atoms with E-state index in [-0.39, 0.29) is 12.3 Å². The number of phenolic OH excluding ortho intramolecular Hbond substituents is 1. The Morgan fingerprint density at radius 3 is 3.06 bits per heavy atom. The van der Waals surface area contributed by atoms with E-state index in [0.717, 1.165) is 0 Å². The molecule has 1 atom stereocenters. The predicted octanol–water partition coefficient (Wildman–Crippen LogP) is 0.383. The summed E-state index contributed by atoms with van der Waals surface area (Å²) in [5, 5.41) is 20.2. The molecule has 0 bridgehead atoms. The molecule has 7 heteroatoms. The minimum absolute atomic E-state index is 0.0101. The molecule has 0 fully saturated rings. The lowest BCUT2D eigenvalue weighted by molar-refractivity contribution is -0.490. The quantitative estimate of drug-likeness (QED) is 0.464. The van der Waals surface area contributed by atoms with E-state index in [2.05, 4.69) is 0 Å². The van der Waals surface area contributed by atoms with Gasteiger partial charge in [-0.3, -0.25) is 10.1 Å². The van der Waals surface area contributed by atoms with Crippen molar-refractivity contribution in [2.75, 3.05) is 13.2 Å². The van der Waals surface area contributed by atoms with E-state index in [1.807, 2.05) is 6.92 Å². The number of aromatic hydroxyl groups is 1. The van der Waals surface area contributed by atoms with E-state index in [9.17, 15) is 15.2 Å². The number of benzene rings is 1. The zero-order chi connectivity index (χ0) is 12.4. The van der Waals surface area contributed by atoms with E-state index >= 15 is 0 Å². The second-order valence-electron chi connectivity index (χ2n) is 3.60. The molecule has 1 aromatic carbocycles. The van der Waals surface area contributed by atoms with Crippen molar-refractivity contribution in [1.29, 1.82) is 0 Å². The van der Waals surface area contributed by atoms with Crippen LogP contribution in [0.4, 0.5) is 0 Å². The third kappa shape index (κ3) is 2.19. The fourth-order valence-electron chi connectivity index (χ4n) is 1.83. The molecular formula is C10H11BNO5. The normalized spacial score (nSPS) is 17.4. The smallest absolute Gasteiger partial charge is 0.335 e. The summed E-state index contributed by atoms with van der Waals surface area (Å²) in [4.78, 5) is 10.0. The van der Waals surface area contributed by atoms with Crippen molar-refractivity contribution >= 4 is 12.9 Å². The number of hydrogen-bond acceptors (Lipinski definition) is 5. The number of ether oxygens (including phenoxy) is 1. The molecule has 1 unspecified atom stereocenters. The van der Waals surface area contributed by atoms with Gasteiger partial charge in [0.05, 0.1) is 6.61 Å². The Labute approximate surface area is 98.6 Å². The summed E-state index contributed by atoms with van der Waals surface area (Å²) in [5.41, 5.74) is 1.01. The first-order valence-corrected chi connectivity index (χ1v) is 5.22. The minimum atomic E-state index is -0.750. The van der Waals surface area contributed by atoms with E-state index in [1.54, 1.807) is 6.07 Å². The van der Waals surface area contributed by atoms with Crippen molar-refractivity contribution in [1.82, 2.24) is 0 Å². The number of rotatable bonds is 4. The van der Waals surface area contributed by atoms with Crippen LogP contribution in [0.2, 0.25) is 0 Å². The van der Waals surface area contributed by atoms with Crippen LogP contribution in [0.1, 0.15) is 18.6 Å². The zero-order valence-corrected chi connectivity index (χ0v) is 9.25. The van der Waals surface area contributed by atoms with Gasteiger partial charge in [0, 0.05) is 10.5 Å². The summed E-state index contributed by atoms with van der Waals surface area (Å²) >= 11 is 0. The number of phenols is 1. The maximum Gasteiger partial charge on any atom is 0.335 e. The van der Waals surface area contributed by atoms with Gasteiger partial charge in [-0.25, -0.2) is 0 Å². The van der Waals surface area contributed by atoms with Gasteiger partial charge in [0.1, 0.15) is 17.6 Å². The summed E-state index contributed by atoms with van der Waals surface area (Å²) in [6, 6.07) is 3.07. The van der Waals surface area contributed by atoms with Gasteiger partial charge < -0.3 is 14.5 Å². The summed E-state index contributed by atoms with van der Waals surface area (Å²) < 4.78 is 10.6. The highest BCUT2D eigenvalue weighted by molar-refractivity contribution is 6.50. The highest BCUT2D eigenvalue weighted by Crippen LogP contribution is 2.32. The van der Waals surface area contributed by atoms with E-state index < -0.39 is 11.0 Å². The van der Waals surface area contributed by atoms with E-state index in [1.165, 1.54) is 13.5 Å². The Morgan fingerprint density at radius 1 is 1.65 bits per heavy atom. The Bertz CT molecular complexity index is 451. The molecule has 0 aliphatic carbocycles. The molecule has 1 radical (unpaired) electrons. The van der Waals surface area contributed by atoms with Crippen LogP contribution in [-0.4, -0.2) is 30.7 Å². The highest BCUT2D eigenvalue weighted by Gasteiger charge is 2.33. The van der Waals surface area contributed by atoms with Gasteiger partial charge in [-0.15, -0.1) is 0 Å². The van der Waals surface area contributed by atoms with Crippen LogP contribution >= 0.6 is 0 Å². The van der Waals surface area contributed by atoms with Crippen LogP contribution in [0.5, 0.6) is 11.5 Å². The van der Waals surface area contributed by atoms with Crippen LogP contribution in [0, 0.1) is 10.1 Å². The van der Waals surface area contributed by atoms with Crippen molar-refractivity contribution in [3.05, 3.63) is 27.8 Å². The lowest BCUT2D eigenvalue weighted by Crippen LogP contribution is -2.16. The zero-order valence-electron chi connectivity index (χ0n) is 9.25. The maximum absolute atomic E-state index is 10.5. The first-order valence-electron chi connectivity index (χ1n) is 5.22. The van der Waals surface area contributed by atoms with Crippen molar-refractivity contribution in [3.63, 3.8) is 0 Å². The third-order valence-electron chi connectivity index (χ3n) is 2.51. The molecule has 17 heavy (non-hydrogen) atoms. The monoisotopic (exact) mass is 236 g/mol. The van der Waals surface area contributed by atoms with Crippen LogP contribution in [-0.2, 0) is 4.65 Å². The van der Waals surface area contributed by atoms with Crippen molar-refractivity contribution in [3.8, 4) is 11.5 Å². The number of nitrogens with zero attached hydrogens (tertiary/aromatic N) is 1. The molecular weight excluding hydrogens is 225 g/mol. The Kier molecular flexibility index (Phi) is 3.19. The third-order valence-corrected chi connectivity index (χ3v) is 2.51. The average Bonchev–Trinajstić information content (AvgIpc) is 2.67. The molecule has 6 nitrogen and oxygen atoms in total. The minimum Gasteiger partial charge on any atom is -0.508 e. The van der Waals surface area contributed by atoms with Gasteiger partial charge >= 0.3 is 7.48 Å². The lowest BCUT2D eigenvalue weighted by atomic mass is 9.85. The van der Waals surface area contributed by atoms with Gasteiger partial charge in [-0.1, -0.05) is 0 Å². The van der Waals surface area contributed by atoms with E-state index in [0.29, 0.717) is 23.4 Å². The first-order chi connectivity index (χ1) is 8.13. The molecule has 0 saturated heterocycles. The fourth-order valence-corrected chi connectivity index (χ4v) is 1.83. The first kappa shape index (κ1) is 11.7.